The first-order chi connectivity index (χ1) is 9.82. The van der Waals surface area contributed by atoms with Crippen LogP contribution in [0, 0.1) is 0 Å². The van der Waals surface area contributed by atoms with Gasteiger partial charge in [0, 0.05) is 11.1 Å². The highest BCUT2D eigenvalue weighted by Gasteiger charge is 2.25. The molecule has 0 fully saturated rings. The third-order valence-electron chi connectivity index (χ3n) is 2.91. The summed E-state index contributed by atoms with van der Waals surface area (Å²) in [6.45, 7) is 12.2. The Kier molecular flexibility index (Phi) is 5.91. The topological polar surface area (TPSA) is 55.4 Å². The first kappa shape index (κ1) is 16.7. The third kappa shape index (κ3) is 4.91. The number of carbonyl (C=O) groups is 2. The average Bonchev–Trinajstić information content (AvgIpc) is 2.44. The van der Waals surface area contributed by atoms with Crippen molar-refractivity contribution in [2.24, 2.45) is 0 Å². The Morgan fingerprint density at radius 3 is 2.14 bits per heavy atom. The summed E-state index contributed by atoms with van der Waals surface area (Å²) in [6, 6.07) is 8.88. The molecule has 1 amide bonds. The number of esters is 1. The Bertz CT molecular complexity index is 548. The second kappa shape index (κ2) is 7.43. The number of carbonyl (C=O) groups excluding carboxylic acids is 2. The Balaban J connectivity index is 2.96. The van der Waals surface area contributed by atoms with E-state index in [-0.39, 0.29) is 11.9 Å². The number of ether oxygens (including phenoxy) is 1. The van der Waals surface area contributed by atoms with E-state index in [0.29, 0.717) is 11.1 Å². The van der Waals surface area contributed by atoms with Gasteiger partial charge in [-0.3, -0.25) is 4.79 Å². The number of benzene rings is 1. The van der Waals surface area contributed by atoms with Crippen molar-refractivity contribution in [3.8, 4) is 0 Å². The molecular formula is C17H21NO3. The maximum absolute atomic E-state index is 11.8. The van der Waals surface area contributed by atoms with Gasteiger partial charge in [-0.2, -0.15) is 0 Å². The number of amides is 1. The van der Waals surface area contributed by atoms with Gasteiger partial charge in [0.15, 0.2) is 0 Å². The number of hydrogen-bond acceptors (Lipinski definition) is 3. The molecule has 1 rings (SSSR count). The summed E-state index contributed by atoms with van der Waals surface area (Å²) >= 11 is 0. The molecule has 21 heavy (non-hydrogen) atoms. The highest BCUT2D eigenvalue weighted by atomic mass is 16.5. The molecule has 4 heteroatoms. The zero-order valence-electron chi connectivity index (χ0n) is 12.7. The summed E-state index contributed by atoms with van der Waals surface area (Å²) in [5.74, 6) is -0.755. The zero-order valence-corrected chi connectivity index (χ0v) is 12.7. The summed E-state index contributed by atoms with van der Waals surface area (Å²) < 4.78 is 5.46. The molecule has 4 nitrogen and oxygen atoms in total. The fourth-order valence-electron chi connectivity index (χ4n) is 1.72. The lowest BCUT2D eigenvalue weighted by atomic mass is 10.0. The molecule has 0 saturated carbocycles. The van der Waals surface area contributed by atoms with Gasteiger partial charge in [-0.15, -0.1) is 0 Å². The maximum atomic E-state index is 11.8. The van der Waals surface area contributed by atoms with Crippen LogP contribution in [0.5, 0.6) is 0 Å². The molecule has 112 valence electrons. The van der Waals surface area contributed by atoms with E-state index in [1.807, 2.05) is 30.3 Å². The highest BCUT2D eigenvalue weighted by Crippen LogP contribution is 2.22. The molecular weight excluding hydrogens is 266 g/mol. The van der Waals surface area contributed by atoms with Crippen LogP contribution in [0.3, 0.4) is 0 Å². The first-order valence-electron chi connectivity index (χ1n) is 6.70. The largest absolute Gasteiger partial charge is 0.452 e. The molecule has 0 spiro atoms. The number of rotatable bonds is 6. The lowest BCUT2D eigenvalue weighted by Gasteiger charge is -2.25. The van der Waals surface area contributed by atoms with Crippen molar-refractivity contribution in [3.63, 3.8) is 0 Å². The SMILES string of the molecule is C=C(C)C(=O)N[C@@H](C)C(OC(=O)C(=C)C)c1ccccc1. The van der Waals surface area contributed by atoms with Crippen LogP contribution in [0.4, 0.5) is 0 Å². The molecule has 0 heterocycles. The molecule has 1 aromatic rings. The summed E-state index contributed by atoms with van der Waals surface area (Å²) in [5.41, 5.74) is 1.52. The lowest BCUT2D eigenvalue weighted by molar-refractivity contribution is -0.146. The van der Waals surface area contributed by atoms with Crippen LogP contribution >= 0.6 is 0 Å². The standard InChI is InChI=1S/C17H21NO3/c1-11(2)16(19)18-13(5)15(21-17(20)12(3)4)14-9-7-6-8-10-14/h6-10,13,15H,1,3H2,2,4-5H3,(H,18,19)/t13-,15?/m0/s1. The summed E-state index contributed by atoms with van der Waals surface area (Å²) in [5, 5.41) is 2.78. The van der Waals surface area contributed by atoms with E-state index >= 15 is 0 Å². The van der Waals surface area contributed by atoms with Gasteiger partial charge in [0.1, 0.15) is 6.10 Å². The van der Waals surface area contributed by atoms with Crippen LogP contribution in [0.15, 0.2) is 54.6 Å². The zero-order chi connectivity index (χ0) is 16.0. The Morgan fingerprint density at radius 2 is 1.67 bits per heavy atom. The lowest BCUT2D eigenvalue weighted by Crippen LogP contribution is -2.39. The molecule has 0 bridgehead atoms. The maximum Gasteiger partial charge on any atom is 0.333 e. The molecule has 0 aromatic heterocycles. The van der Waals surface area contributed by atoms with Crippen molar-refractivity contribution in [1.29, 1.82) is 0 Å². The Hall–Kier alpha value is -2.36. The van der Waals surface area contributed by atoms with Gasteiger partial charge < -0.3 is 10.1 Å². The van der Waals surface area contributed by atoms with E-state index in [1.165, 1.54) is 0 Å². The quantitative estimate of drug-likeness (QED) is 0.646. The average molecular weight is 287 g/mol. The monoisotopic (exact) mass is 287 g/mol. The fourth-order valence-corrected chi connectivity index (χ4v) is 1.72. The second-order valence-electron chi connectivity index (χ2n) is 5.06. The van der Waals surface area contributed by atoms with Gasteiger partial charge in [0.25, 0.3) is 0 Å². The Labute approximate surface area is 125 Å². The van der Waals surface area contributed by atoms with Gasteiger partial charge >= 0.3 is 5.97 Å². The van der Waals surface area contributed by atoms with Crippen molar-refractivity contribution in [2.75, 3.05) is 0 Å². The predicted octanol–water partition coefficient (Wildman–Crippen LogP) is 2.93. The highest BCUT2D eigenvalue weighted by molar-refractivity contribution is 5.92. The summed E-state index contributed by atoms with van der Waals surface area (Å²) in [7, 11) is 0. The van der Waals surface area contributed by atoms with Gasteiger partial charge in [-0.25, -0.2) is 4.79 Å². The smallest absolute Gasteiger partial charge is 0.333 e. The molecule has 0 aliphatic rings. The second-order valence-corrected chi connectivity index (χ2v) is 5.06. The molecule has 1 aromatic carbocycles. The normalized spacial score (nSPS) is 12.9. The molecule has 1 unspecified atom stereocenters. The molecule has 0 aliphatic carbocycles. The summed E-state index contributed by atoms with van der Waals surface area (Å²) in [6.07, 6.45) is -0.585. The van der Waals surface area contributed by atoms with Crippen LogP contribution in [0.25, 0.3) is 0 Å². The molecule has 0 saturated heterocycles. The van der Waals surface area contributed by atoms with Crippen molar-refractivity contribution in [2.45, 2.75) is 32.9 Å². The van der Waals surface area contributed by atoms with E-state index in [4.69, 9.17) is 4.74 Å². The number of hydrogen-bond donors (Lipinski definition) is 1. The van der Waals surface area contributed by atoms with Crippen LogP contribution < -0.4 is 5.32 Å². The van der Waals surface area contributed by atoms with Gasteiger partial charge in [-0.1, -0.05) is 43.5 Å². The first-order valence-corrected chi connectivity index (χ1v) is 6.70. The minimum absolute atomic E-state index is 0.269. The van der Waals surface area contributed by atoms with Gasteiger partial charge in [-0.05, 0) is 26.3 Å². The van der Waals surface area contributed by atoms with E-state index in [9.17, 15) is 9.59 Å². The van der Waals surface area contributed by atoms with Crippen LogP contribution in [-0.4, -0.2) is 17.9 Å². The molecule has 0 radical (unpaired) electrons. The van der Waals surface area contributed by atoms with Crippen LogP contribution in [0.1, 0.15) is 32.4 Å². The van der Waals surface area contributed by atoms with E-state index in [0.717, 1.165) is 5.56 Å². The van der Waals surface area contributed by atoms with Crippen molar-refractivity contribution >= 4 is 11.9 Å². The fraction of sp³-hybridized carbons (Fsp3) is 0.294. The van der Waals surface area contributed by atoms with Gasteiger partial charge in [0.05, 0.1) is 6.04 Å². The van der Waals surface area contributed by atoms with Gasteiger partial charge in [0.2, 0.25) is 5.91 Å². The Morgan fingerprint density at radius 1 is 1.10 bits per heavy atom. The minimum Gasteiger partial charge on any atom is -0.452 e. The van der Waals surface area contributed by atoms with Crippen molar-refractivity contribution in [1.82, 2.24) is 5.32 Å². The van der Waals surface area contributed by atoms with Crippen LogP contribution in [0.2, 0.25) is 0 Å². The number of nitrogens with one attached hydrogen (secondary N) is 1. The van der Waals surface area contributed by atoms with E-state index in [1.54, 1.807) is 20.8 Å². The van der Waals surface area contributed by atoms with Crippen molar-refractivity contribution in [3.05, 3.63) is 60.2 Å². The van der Waals surface area contributed by atoms with Crippen molar-refractivity contribution < 1.29 is 14.3 Å². The third-order valence-corrected chi connectivity index (χ3v) is 2.91. The minimum atomic E-state index is -0.585. The summed E-state index contributed by atoms with van der Waals surface area (Å²) in [4.78, 5) is 23.5. The molecule has 1 N–H and O–H groups in total. The molecule has 0 aliphatic heterocycles. The van der Waals surface area contributed by atoms with Crippen LogP contribution in [-0.2, 0) is 14.3 Å². The predicted molar refractivity (Wildman–Crippen MR) is 82.5 cm³/mol. The van der Waals surface area contributed by atoms with E-state index < -0.39 is 12.1 Å². The van der Waals surface area contributed by atoms with E-state index in [2.05, 4.69) is 18.5 Å². The molecule has 2 atom stereocenters.